The Balaban J connectivity index is 1.72. The van der Waals surface area contributed by atoms with Crippen molar-refractivity contribution in [3.05, 3.63) is 12.2 Å². The van der Waals surface area contributed by atoms with E-state index in [0.717, 1.165) is 17.1 Å². The molecule has 28 heavy (non-hydrogen) atoms. The summed E-state index contributed by atoms with van der Waals surface area (Å²) in [5.41, 5.74) is 0. The molecule has 3 rings (SSSR count). The fourth-order valence-corrected chi connectivity index (χ4v) is 5.03. The zero-order valence-corrected chi connectivity index (χ0v) is 15.5. The van der Waals surface area contributed by atoms with Gasteiger partial charge in [-0.3, -0.25) is 28.9 Å². The van der Waals surface area contributed by atoms with Gasteiger partial charge in [-0.2, -0.15) is 8.42 Å². The SMILES string of the molecule is O=C1C=CC(=O)N1CC1CCC(C(=O)O)(S(=O)(=O)ON2C(=O)CCC2=O)CC1. The number of carboxylic acid groups (broad SMARTS) is 1. The normalized spacial score (nSPS) is 28.5. The second-order valence-electron chi connectivity index (χ2n) is 6.97. The van der Waals surface area contributed by atoms with Crippen molar-refractivity contribution < 1.29 is 41.8 Å². The minimum Gasteiger partial charge on any atom is -0.480 e. The minimum atomic E-state index is -4.84. The van der Waals surface area contributed by atoms with Gasteiger partial charge < -0.3 is 5.11 Å². The molecule has 1 saturated heterocycles. The molecular weight excluding hydrogens is 396 g/mol. The zero-order chi connectivity index (χ0) is 20.7. The van der Waals surface area contributed by atoms with Crippen LogP contribution in [-0.2, 0) is 38.4 Å². The van der Waals surface area contributed by atoms with Crippen molar-refractivity contribution in [2.45, 2.75) is 43.3 Å². The molecule has 4 amide bonds. The van der Waals surface area contributed by atoms with Gasteiger partial charge in [-0.15, -0.1) is 9.35 Å². The summed E-state index contributed by atoms with van der Waals surface area (Å²) in [4.78, 5) is 59.4. The topological polar surface area (TPSA) is 155 Å². The van der Waals surface area contributed by atoms with Crippen LogP contribution < -0.4 is 0 Å². The van der Waals surface area contributed by atoms with Gasteiger partial charge in [0.05, 0.1) is 0 Å². The van der Waals surface area contributed by atoms with Gasteiger partial charge in [0.15, 0.2) is 4.75 Å². The van der Waals surface area contributed by atoms with E-state index in [4.69, 9.17) is 0 Å². The lowest BCUT2D eigenvalue weighted by Gasteiger charge is -2.36. The van der Waals surface area contributed by atoms with E-state index in [1.54, 1.807) is 0 Å². The lowest BCUT2D eigenvalue weighted by molar-refractivity contribution is -0.165. The first-order valence-electron chi connectivity index (χ1n) is 8.64. The average Bonchev–Trinajstić information content (AvgIpc) is 3.12. The molecule has 11 nitrogen and oxygen atoms in total. The molecule has 1 aliphatic carbocycles. The molecule has 2 aliphatic heterocycles. The van der Waals surface area contributed by atoms with E-state index in [2.05, 4.69) is 4.28 Å². The van der Waals surface area contributed by atoms with Crippen LogP contribution >= 0.6 is 0 Å². The van der Waals surface area contributed by atoms with Gasteiger partial charge >= 0.3 is 16.1 Å². The summed E-state index contributed by atoms with van der Waals surface area (Å²) in [7, 11) is -4.84. The number of nitrogens with zero attached hydrogens (tertiary/aromatic N) is 2. The summed E-state index contributed by atoms with van der Waals surface area (Å²) in [5, 5.41) is 9.72. The Kier molecular flexibility index (Phi) is 5.10. The average molecular weight is 414 g/mol. The fraction of sp³-hybridized carbons (Fsp3) is 0.562. The van der Waals surface area contributed by atoms with Crippen molar-refractivity contribution in [3.8, 4) is 0 Å². The van der Waals surface area contributed by atoms with Gasteiger partial charge in [0.2, 0.25) is 0 Å². The van der Waals surface area contributed by atoms with E-state index in [1.807, 2.05) is 0 Å². The lowest BCUT2D eigenvalue weighted by Crippen LogP contribution is -2.53. The van der Waals surface area contributed by atoms with Crippen LogP contribution in [0.2, 0.25) is 0 Å². The summed E-state index contributed by atoms with van der Waals surface area (Å²) in [5.74, 6) is -4.54. The third-order valence-electron chi connectivity index (χ3n) is 5.30. The van der Waals surface area contributed by atoms with Crippen LogP contribution in [0.3, 0.4) is 0 Å². The van der Waals surface area contributed by atoms with E-state index in [1.165, 1.54) is 0 Å². The number of hydrogen-bond donors (Lipinski definition) is 1. The van der Waals surface area contributed by atoms with E-state index in [0.29, 0.717) is 0 Å². The first-order valence-corrected chi connectivity index (χ1v) is 10.0. The van der Waals surface area contributed by atoms with Crippen molar-refractivity contribution in [2.75, 3.05) is 6.54 Å². The third-order valence-corrected chi connectivity index (χ3v) is 7.19. The molecule has 152 valence electrons. The summed E-state index contributed by atoms with van der Waals surface area (Å²) >= 11 is 0. The van der Waals surface area contributed by atoms with Crippen LogP contribution in [0.1, 0.15) is 38.5 Å². The highest BCUT2D eigenvalue weighted by Gasteiger charge is 2.56. The monoisotopic (exact) mass is 414 g/mol. The highest BCUT2D eigenvalue weighted by molar-refractivity contribution is 7.89. The maximum absolute atomic E-state index is 12.7. The van der Waals surface area contributed by atoms with E-state index in [9.17, 15) is 37.5 Å². The van der Waals surface area contributed by atoms with Crippen LogP contribution in [0.15, 0.2) is 12.2 Å². The van der Waals surface area contributed by atoms with Crippen molar-refractivity contribution in [2.24, 2.45) is 5.92 Å². The van der Waals surface area contributed by atoms with Crippen molar-refractivity contribution in [1.29, 1.82) is 0 Å². The Morgan fingerprint density at radius 3 is 2.04 bits per heavy atom. The molecule has 0 radical (unpaired) electrons. The van der Waals surface area contributed by atoms with Gasteiger partial charge in [0.1, 0.15) is 0 Å². The van der Waals surface area contributed by atoms with Gasteiger partial charge in [-0.1, -0.05) is 0 Å². The molecule has 0 aromatic rings. The van der Waals surface area contributed by atoms with Crippen molar-refractivity contribution in [1.82, 2.24) is 9.96 Å². The van der Waals surface area contributed by atoms with Crippen LogP contribution in [0, 0.1) is 5.92 Å². The number of hydroxylamine groups is 2. The zero-order valence-electron chi connectivity index (χ0n) is 14.7. The molecule has 3 aliphatic rings. The summed E-state index contributed by atoms with van der Waals surface area (Å²) in [6.07, 6.45) is 1.39. The highest BCUT2D eigenvalue weighted by atomic mass is 32.2. The molecule has 1 N–H and O–H groups in total. The molecule has 0 aromatic heterocycles. The quantitative estimate of drug-likeness (QED) is 0.557. The first-order chi connectivity index (χ1) is 13.1. The molecule has 0 atom stereocenters. The Morgan fingerprint density at radius 2 is 1.57 bits per heavy atom. The maximum Gasteiger partial charge on any atom is 0.327 e. The smallest absolute Gasteiger partial charge is 0.327 e. The highest BCUT2D eigenvalue weighted by Crippen LogP contribution is 2.40. The maximum atomic E-state index is 12.7. The largest absolute Gasteiger partial charge is 0.480 e. The molecule has 0 bridgehead atoms. The van der Waals surface area contributed by atoms with Gasteiger partial charge in [-0.25, -0.2) is 0 Å². The number of rotatable bonds is 6. The van der Waals surface area contributed by atoms with Crippen LogP contribution in [0.4, 0.5) is 0 Å². The molecule has 2 fully saturated rings. The van der Waals surface area contributed by atoms with Crippen LogP contribution in [0.5, 0.6) is 0 Å². The van der Waals surface area contributed by atoms with Crippen LogP contribution in [0.25, 0.3) is 0 Å². The second-order valence-corrected chi connectivity index (χ2v) is 8.81. The Bertz CT molecular complexity index is 850. The van der Waals surface area contributed by atoms with Crippen molar-refractivity contribution in [3.63, 3.8) is 0 Å². The lowest BCUT2D eigenvalue weighted by atomic mass is 9.81. The van der Waals surface area contributed by atoms with Gasteiger partial charge in [0.25, 0.3) is 23.6 Å². The predicted octanol–water partition coefficient (Wildman–Crippen LogP) is -0.665. The Morgan fingerprint density at radius 1 is 1.07 bits per heavy atom. The standard InChI is InChI=1S/C16H18N2O9S/c19-11-1-2-12(20)17(11)9-10-5-7-16(8-6-10,15(23)24)28(25,26)27-18-13(21)3-4-14(18)22/h1-2,10H,3-9H2,(H,23,24). The Labute approximate surface area is 160 Å². The van der Waals surface area contributed by atoms with Crippen molar-refractivity contribution >= 4 is 39.7 Å². The number of carbonyl (C=O) groups excluding carboxylic acids is 4. The predicted molar refractivity (Wildman–Crippen MR) is 89.3 cm³/mol. The summed E-state index contributed by atoms with van der Waals surface area (Å²) in [6, 6.07) is 0. The molecular formula is C16H18N2O9S. The molecule has 0 spiro atoms. The third kappa shape index (κ3) is 3.33. The van der Waals surface area contributed by atoms with E-state index >= 15 is 0 Å². The van der Waals surface area contributed by atoms with Gasteiger partial charge in [0, 0.05) is 31.5 Å². The number of amides is 4. The summed E-state index contributed by atoms with van der Waals surface area (Å²) in [6.45, 7) is 0.0599. The Hall–Kier alpha value is -2.60. The number of carboxylic acids is 1. The van der Waals surface area contributed by atoms with Crippen LogP contribution in [-0.4, -0.2) is 64.4 Å². The number of carbonyl (C=O) groups is 5. The number of hydrogen-bond acceptors (Lipinski definition) is 8. The molecule has 0 aromatic carbocycles. The van der Waals surface area contributed by atoms with Gasteiger partial charge in [-0.05, 0) is 31.6 Å². The van der Waals surface area contributed by atoms with E-state index in [-0.39, 0.29) is 56.1 Å². The molecule has 0 unspecified atom stereocenters. The number of aliphatic carboxylic acids is 1. The van der Waals surface area contributed by atoms with E-state index < -0.39 is 44.5 Å². The molecule has 2 heterocycles. The molecule has 12 heteroatoms. The molecule has 1 saturated carbocycles. The summed E-state index contributed by atoms with van der Waals surface area (Å²) < 4.78 is 27.7. The first kappa shape index (κ1) is 20.1. The second kappa shape index (κ2) is 7.09. The number of imide groups is 2. The minimum absolute atomic E-state index is 0.0599. The fourth-order valence-electron chi connectivity index (χ4n) is 3.58.